The van der Waals surface area contributed by atoms with Crippen LogP contribution in [-0.2, 0) is 32.9 Å². The molecule has 0 saturated carbocycles. The van der Waals surface area contributed by atoms with Crippen molar-refractivity contribution in [2.45, 2.75) is 51.2 Å². The van der Waals surface area contributed by atoms with Crippen molar-refractivity contribution < 1.29 is 48.0 Å². The SMILES string of the molecule is CCOC(=O)CCNCCC(=O)OCC.Nc1ccn([C@@H]2O[C@H](COP(N)(=O)O)[C@@H](O)[C@H]2O)c(=O)n1. The first kappa shape index (κ1) is 31.6. The lowest BCUT2D eigenvalue weighted by atomic mass is 10.1. The molecule has 1 aliphatic rings. The van der Waals surface area contributed by atoms with E-state index in [4.69, 9.17) is 30.3 Å². The maximum atomic E-state index is 11.7. The fraction of sp³-hybridized carbons (Fsp3) is 0.684. The molecule has 1 unspecified atom stereocenters. The summed E-state index contributed by atoms with van der Waals surface area (Å²) >= 11 is 0. The van der Waals surface area contributed by atoms with Crippen LogP contribution in [0.1, 0.15) is 32.9 Å². The minimum absolute atomic E-state index is 0.00600. The summed E-state index contributed by atoms with van der Waals surface area (Å²) in [6.07, 6.45) is -3.37. The van der Waals surface area contributed by atoms with Crippen molar-refractivity contribution in [2.75, 3.05) is 38.6 Å². The third-order valence-corrected chi connectivity index (χ3v) is 5.03. The minimum atomic E-state index is -4.24. The highest BCUT2D eigenvalue weighted by molar-refractivity contribution is 7.50. The van der Waals surface area contributed by atoms with E-state index in [0.29, 0.717) is 39.1 Å². The van der Waals surface area contributed by atoms with E-state index < -0.39 is 44.6 Å². The van der Waals surface area contributed by atoms with Gasteiger partial charge in [-0.25, -0.2) is 14.9 Å². The van der Waals surface area contributed by atoms with Crippen molar-refractivity contribution in [3.8, 4) is 0 Å². The highest BCUT2D eigenvalue weighted by Crippen LogP contribution is 2.35. The van der Waals surface area contributed by atoms with E-state index in [-0.39, 0.29) is 17.8 Å². The lowest BCUT2D eigenvalue weighted by Crippen LogP contribution is -2.36. The van der Waals surface area contributed by atoms with Gasteiger partial charge in [0.15, 0.2) is 6.23 Å². The highest BCUT2D eigenvalue weighted by atomic mass is 31.2. The Bertz CT molecular complexity index is 921. The van der Waals surface area contributed by atoms with E-state index in [1.807, 2.05) is 0 Å². The van der Waals surface area contributed by atoms with Crippen molar-refractivity contribution in [1.82, 2.24) is 14.9 Å². The topological polar surface area (TPSA) is 248 Å². The number of rotatable bonds is 12. The van der Waals surface area contributed by atoms with Gasteiger partial charge in [-0.15, -0.1) is 0 Å². The predicted molar refractivity (Wildman–Crippen MR) is 124 cm³/mol. The molecule has 36 heavy (non-hydrogen) atoms. The quantitative estimate of drug-likeness (QED) is 0.0955. The maximum Gasteiger partial charge on any atom is 0.400 e. The first-order chi connectivity index (χ1) is 16.9. The van der Waals surface area contributed by atoms with Crippen LogP contribution in [0.2, 0.25) is 0 Å². The third-order valence-electron chi connectivity index (χ3n) is 4.51. The zero-order chi connectivity index (χ0) is 27.3. The lowest BCUT2D eigenvalue weighted by molar-refractivity contribution is -0.143. The van der Waals surface area contributed by atoms with E-state index in [1.54, 1.807) is 13.8 Å². The number of aliphatic hydroxyl groups excluding tert-OH is 2. The van der Waals surface area contributed by atoms with Gasteiger partial charge in [-0.1, -0.05) is 0 Å². The molecule has 0 amide bonds. The Morgan fingerprint density at radius 3 is 2.19 bits per heavy atom. The van der Waals surface area contributed by atoms with Crippen LogP contribution in [0.3, 0.4) is 0 Å². The average molecular weight is 539 g/mol. The molecule has 1 fully saturated rings. The van der Waals surface area contributed by atoms with Crippen LogP contribution in [0.5, 0.6) is 0 Å². The molecule has 2 rings (SSSR count). The molecule has 0 aliphatic carbocycles. The zero-order valence-electron chi connectivity index (χ0n) is 20.0. The number of aromatic nitrogens is 2. The first-order valence-corrected chi connectivity index (χ1v) is 12.7. The van der Waals surface area contributed by atoms with Crippen molar-refractivity contribution >= 4 is 25.5 Å². The summed E-state index contributed by atoms with van der Waals surface area (Å²) in [7, 11) is -4.24. The van der Waals surface area contributed by atoms with E-state index in [1.165, 1.54) is 12.3 Å². The average Bonchev–Trinajstić information content (AvgIpc) is 3.06. The van der Waals surface area contributed by atoms with Crippen LogP contribution < -0.4 is 22.2 Å². The predicted octanol–water partition coefficient (Wildman–Crippen LogP) is -2.00. The van der Waals surface area contributed by atoms with Gasteiger partial charge in [0, 0.05) is 19.3 Å². The Labute approximate surface area is 207 Å². The second kappa shape index (κ2) is 15.6. The summed E-state index contributed by atoms with van der Waals surface area (Å²) in [5.74, 6) is -0.448. The Morgan fingerprint density at radius 1 is 1.17 bits per heavy atom. The summed E-state index contributed by atoms with van der Waals surface area (Å²) in [5, 5.41) is 22.7. The van der Waals surface area contributed by atoms with Gasteiger partial charge in [-0.2, -0.15) is 4.98 Å². The van der Waals surface area contributed by atoms with Gasteiger partial charge >= 0.3 is 25.4 Å². The molecule has 1 aliphatic heterocycles. The maximum absolute atomic E-state index is 11.7. The number of ether oxygens (including phenoxy) is 3. The number of carbonyl (C=O) groups is 2. The number of anilines is 1. The van der Waals surface area contributed by atoms with Crippen LogP contribution in [0.25, 0.3) is 0 Å². The molecule has 0 aromatic carbocycles. The number of carbonyl (C=O) groups excluding carboxylic acids is 2. The molecule has 1 aromatic heterocycles. The molecule has 0 bridgehead atoms. The number of hydrogen-bond donors (Lipinski definition) is 6. The van der Waals surface area contributed by atoms with Gasteiger partial charge < -0.3 is 40.4 Å². The zero-order valence-corrected chi connectivity index (χ0v) is 20.9. The Hall–Kier alpha value is -2.43. The molecule has 0 spiro atoms. The monoisotopic (exact) mass is 539 g/mol. The van der Waals surface area contributed by atoms with Gasteiger partial charge in [0.1, 0.15) is 24.1 Å². The number of esters is 2. The van der Waals surface area contributed by atoms with Crippen molar-refractivity contribution in [3.05, 3.63) is 22.7 Å². The summed E-state index contributed by atoms with van der Waals surface area (Å²) in [5.41, 5.74) is 9.35. The number of hydrogen-bond acceptors (Lipinski definition) is 13. The molecule has 2 heterocycles. The van der Waals surface area contributed by atoms with E-state index >= 15 is 0 Å². The molecule has 8 N–H and O–H groups in total. The second-order valence-electron chi connectivity index (χ2n) is 7.31. The fourth-order valence-corrected chi connectivity index (χ4v) is 3.23. The molecule has 206 valence electrons. The van der Waals surface area contributed by atoms with Crippen LogP contribution in [0.15, 0.2) is 17.1 Å². The molecule has 16 nitrogen and oxygen atoms in total. The summed E-state index contributed by atoms with van der Waals surface area (Å²) in [6.45, 7) is 4.87. The van der Waals surface area contributed by atoms with Crippen molar-refractivity contribution in [2.24, 2.45) is 5.50 Å². The Morgan fingerprint density at radius 2 is 1.72 bits per heavy atom. The number of nitrogens with two attached hydrogens (primary N) is 2. The number of nitrogens with zero attached hydrogens (tertiary/aromatic N) is 2. The van der Waals surface area contributed by atoms with Crippen LogP contribution in [0.4, 0.5) is 5.82 Å². The highest BCUT2D eigenvalue weighted by Gasteiger charge is 2.44. The van der Waals surface area contributed by atoms with Gasteiger partial charge in [0.2, 0.25) is 0 Å². The minimum Gasteiger partial charge on any atom is -0.466 e. The van der Waals surface area contributed by atoms with Crippen LogP contribution in [-0.4, -0.2) is 87.8 Å². The van der Waals surface area contributed by atoms with Gasteiger partial charge in [0.25, 0.3) is 0 Å². The van der Waals surface area contributed by atoms with E-state index in [9.17, 15) is 29.2 Å². The number of aliphatic hydroxyl groups is 2. The van der Waals surface area contributed by atoms with Crippen molar-refractivity contribution in [1.29, 1.82) is 0 Å². The Kier molecular flexibility index (Phi) is 13.7. The molecular weight excluding hydrogens is 505 g/mol. The Balaban J connectivity index is 0.000000384. The molecule has 5 atom stereocenters. The van der Waals surface area contributed by atoms with Gasteiger partial charge in [-0.3, -0.25) is 18.7 Å². The molecule has 17 heteroatoms. The fourth-order valence-electron chi connectivity index (χ4n) is 2.87. The second-order valence-corrected chi connectivity index (χ2v) is 8.69. The van der Waals surface area contributed by atoms with Gasteiger partial charge in [0.05, 0.1) is 32.7 Å². The summed E-state index contributed by atoms with van der Waals surface area (Å²) in [6, 6.07) is 1.31. The smallest absolute Gasteiger partial charge is 0.400 e. The third kappa shape index (κ3) is 11.5. The standard InChI is InChI=1S/C10H19NO4.C9H15N4O7P/c1-3-14-9(12)5-7-11-8-6-10(13)15-4-2;10-5-1-2-13(9(16)12-5)8-7(15)6(14)4(20-8)3-19-21(11,17)18/h11H,3-8H2,1-2H3;1-2,4,6-8,14-15H,3H2,(H2,10,12,16)(H3,11,17,18)/t;4-,6-,7-,8-/m.1/s1. The molecule has 0 radical (unpaired) electrons. The van der Waals surface area contributed by atoms with Crippen LogP contribution in [0, 0.1) is 0 Å². The summed E-state index contributed by atoms with van der Waals surface area (Å²) in [4.78, 5) is 45.7. The molecule has 1 saturated heterocycles. The summed E-state index contributed by atoms with van der Waals surface area (Å²) < 4.78 is 30.9. The van der Waals surface area contributed by atoms with Gasteiger partial charge in [-0.05, 0) is 19.9 Å². The normalized spacial score (nSPS) is 22.7. The van der Waals surface area contributed by atoms with E-state index in [2.05, 4.69) is 14.8 Å². The lowest BCUT2D eigenvalue weighted by Gasteiger charge is -2.17. The van der Waals surface area contributed by atoms with Crippen molar-refractivity contribution in [3.63, 3.8) is 0 Å². The first-order valence-electron chi connectivity index (χ1n) is 11.0. The number of nitrogen functional groups attached to an aromatic ring is 1. The molecular formula is C19H34N5O11P. The van der Waals surface area contributed by atoms with Crippen LogP contribution >= 0.6 is 7.75 Å². The molecule has 1 aromatic rings. The number of nitrogens with one attached hydrogen (secondary N) is 1. The van der Waals surface area contributed by atoms with E-state index in [0.717, 1.165) is 4.57 Å². The largest absolute Gasteiger partial charge is 0.466 e.